The number of benzene rings is 1. The van der Waals surface area contributed by atoms with Crippen LogP contribution in [0.25, 0.3) is 11.3 Å². The monoisotopic (exact) mass is 410 g/mol. The Bertz CT molecular complexity index is 1060. The summed E-state index contributed by atoms with van der Waals surface area (Å²) in [5, 5.41) is 0. The molecule has 0 amide bonds. The van der Waals surface area contributed by atoms with Gasteiger partial charge in [0.2, 0.25) is 0 Å². The molecular weight excluding hydrogens is 389 g/mol. The van der Waals surface area contributed by atoms with Crippen molar-refractivity contribution in [2.45, 2.75) is 44.4 Å². The molecule has 0 unspecified atom stereocenters. The Labute approximate surface area is 172 Å². The molecule has 1 aromatic carbocycles. The Morgan fingerprint density at radius 3 is 2.63 bits per heavy atom. The maximum atomic E-state index is 12.9. The van der Waals surface area contributed by atoms with E-state index >= 15 is 0 Å². The van der Waals surface area contributed by atoms with Crippen LogP contribution in [0.2, 0.25) is 0 Å². The van der Waals surface area contributed by atoms with Gasteiger partial charge in [0.15, 0.2) is 0 Å². The van der Waals surface area contributed by atoms with E-state index in [0.29, 0.717) is 17.2 Å². The number of alkyl halides is 3. The van der Waals surface area contributed by atoms with Crippen molar-refractivity contribution in [1.29, 1.82) is 0 Å². The van der Waals surface area contributed by atoms with Crippen LogP contribution >= 0.6 is 0 Å². The number of halogens is 3. The van der Waals surface area contributed by atoms with Gasteiger partial charge in [-0.1, -0.05) is 18.2 Å². The lowest BCUT2D eigenvalue weighted by Gasteiger charge is -2.28. The number of pyridine rings is 1. The third-order valence-corrected chi connectivity index (χ3v) is 5.69. The largest absolute Gasteiger partial charge is 0.416 e. The van der Waals surface area contributed by atoms with Crippen molar-refractivity contribution in [3.8, 4) is 11.3 Å². The minimum absolute atomic E-state index is 0.465. The second kappa shape index (κ2) is 7.47. The lowest BCUT2D eigenvalue weighted by atomic mass is 10.1. The quantitative estimate of drug-likeness (QED) is 0.608. The molecule has 0 N–H and O–H groups in total. The molecule has 0 radical (unpaired) electrons. The van der Waals surface area contributed by atoms with E-state index in [0.717, 1.165) is 49.6 Å². The Morgan fingerprint density at radius 2 is 1.90 bits per heavy atom. The van der Waals surface area contributed by atoms with Crippen molar-refractivity contribution in [1.82, 2.24) is 19.9 Å². The Balaban J connectivity index is 1.27. The fraction of sp³-hybridized carbons (Fsp3) is 0.348. The van der Waals surface area contributed by atoms with Crippen LogP contribution in [0.4, 0.5) is 13.2 Å². The first-order chi connectivity index (χ1) is 14.5. The zero-order chi connectivity index (χ0) is 20.7. The van der Waals surface area contributed by atoms with Crippen molar-refractivity contribution < 1.29 is 13.2 Å². The minimum Gasteiger partial charge on any atom is -0.294 e. The summed E-state index contributed by atoms with van der Waals surface area (Å²) in [7, 11) is 0. The van der Waals surface area contributed by atoms with Crippen molar-refractivity contribution in [2.75, 3.05) is 6.54 Å². The van der Waals surface area contributed by atoms with Gasteiger partial charge in [-0.3, -0.25) is 9.88 Å². The summed E-state index contributed by atoms with van der Waals surface area (Å²) in [4.78, 5) is 16.0. The van der Waals surface area contributed by atoms with Crippen molar-refractivity contribution >= 4 is 0 Å². The summed E-state index contributed by atoms with van der Waals surface area (Å²) in [5.41, 5.74) is 3.72. The molecule has 7 heteroatoms. The lowest BCUT2D eigenvalue weighted by molar-refractivity contribution is -0.137. The number of fused-ring (bicyclic) bond motifs is 1. The third-order valence-electron chi connectivity index (χ3n) is 5.69. The fourth-order valence-corrected chi connectivity index (χ4v) is 3.87. The molecule has 1 aliphatic heterocycles. The molecule has 0 saturated heterocycles. The van der Waals surface area contributed by atoms with Gasteiger partial charge in [-0.25, -0.2) is 9.97 Å². The smallest absolute Gasteiger partial charge is 0.294 e. The highest BCUT2D eigenvalue weighted by atomic mass is 19.4. The maximum absolute atomic E-state index is 12.9. The van der Waals surface area contributed by atoms with E-state index in [9.17, 15) is 13.2 Å². The second-order valence-corrected chi connectivity index (χ2v) is 8.07. The van der Waals surface area contributed by atoms with E-state index in [1.807, 2.05) is 12.3 Å². The molecule has 0 bridgehead atoms. The summed E-state index contributed by atoms with van der Waals surface area (Å²) in [6, 6.07) is 8.99. The van der Waals surface area contributed by atoms with Gasteiger partial charge in [0.1, 0.15) is 5.82 Å². The topological polar surface area (TPSA) is 41.9 Å². The van der Waals surface area contributed by atoms with E-state index in [1.54, 1.807) is 18.3 Å². The van der Waals surface area contributed by atoms with Gasteiger partial charge < -0.3 is 0 Å². The average molecular weight is 410 g/mol. The highest BCUT2D eigenvalue weighted by molar-refractivity contribution is 5.60. The third kappa shape index (κ3) is 4.07. The zero-order valence-corrected chi connectivity index (χ0v) is 16.4. The highest BCUT2D eigenvalue weighted by Gasteiger charge is 2.30. The van der Waals surface area contributed by atoms with Crippen LogP contribution in [0.1, 0.15) is 47.0 Å². The van der Waals surface area contributed by atoms with Crippen molar-refractivity contribution in [2.24, 2.45) is 0 Å². The van der Waals surface area contributed by atoms with Crippen LogP contribution in [0.3, 0.4) is 0 Å². The summed E-state index contributed by atoms with van der Waals surface area (Å²) in [6.45, 7) is 2.46. The van der Waals surface area contributed by atoms with Gasteiger partial charge in [0.25, 0.3) is 0 Å². The number of hydrogen-bond acceptors (Lipinski definition) is 4. The molecule has 2 aliphatic rings. The first-order valence-corrected chi connectivity index (χ1v) is 10.2. The predicted octanol–water partition coefficient (Wildman–Crippen LogP) is 4.99. The van der Waals surface area contributed by atoms with E-state index in [-0.39, 0.29) is 0 Å². The molecule has 5 rings (SSSR count). The van der Waals surface area contributed by atoms with Gasteiger partial charge >= 0.3 is 6.18 Å². The van der Waals surface area contributed by atoms with Crippen LogP contribution in [0.15, 0.2) is 48.8 Å². The van der Waals surface area contributed by atoms with Crippen LogP contribution in [-0.2, 0) is 25.7 Å². The van der Waals surface area contributed by atoms with E-state index in [1.165, 1.54) is 30.2 Å². The van der Waals surface area contributed by atoms with Gasteiger partial charge in [0, 0.05) is 61.2 Å². The molecule has 2 aromatic heterocycles. The first kappa shape index (κ1) is 19.2. The lowest BCUT2D eigenvalue weighted by Crippen LogP contribution is -2.31. The van der Waals surface area contributed by atoms with Gasteiger partial charge in [-0.15, -0.1) is 0 Å². The molecule has 154 valence electrons. The van der Waals surface area contributed by atoms with Crippen LogP contribution in [0.5, 0.6) is 0 Å². The highest BCUT2D eigenvalue weighted by Crippen LogP contribution is 2.38. The zero-order valence-electron chi connectivity index (χ0n) is 16.4. The van der Waals surface area contributed by atoms with Gasteiger partial charge in [-0.2, -0.15) is 13.2 Å². The van der Waals surface area contributed by atoms with E-state index in [2.05, 4.69) is 14.9 Å². The van der Waals surface area contributed by atoms with Crippen molar-refractivity contribution in [3.05, 3.63) is 77.0 Å². The van der Waals surface area contributed by atoms with Crippen LogP contribution < -0.4 is 0 Å². The maximum Gasteiger partial charge on any atom is 0.416 e. The molecule has 1 fully saturated rings. The molecule has 1 aliphatic carbocycles. The molecule has 1 saturated carbocycles. The molecule has 3 aromatic rings. The first-order valence-electron chi connectivity index (χ1n) is 10.2. The summed E-state index contributed by atoms with van der Waals surface area (Å²) < 4.78 is 38.8. The molecule has 3 heterocycles. The predicted molar refractivity (Wildman–Crippen MR) is 107 cm³/mol. The number of nitrogens with zero attached hydrogens (tertiary/aromatic N) is 4. The van der Waals surface area contributed by atoms with Gasteiger partial charge in [-0.05, 0) is 36.6 Å². The molecule has 4 nitrogen and oxygen atoms in total. The summed E-state index contributed by atoms with van der Waals surface area (Å²) >= 11 is 0. The number of rotatable bonds is 4. The Hall–Kier alpha value is -2.80. The average Bonchev–Trinajstić information content (AvgIpc) is 3.59. The summed E-state index contributed by atoms with van der Waals surface area (Å²) in [5.74, 6) is 1.56. The van der Waals surface area contributed by atoms with E-state index in [4.69, 9.17) is 4.98 Å². The molecule has 30 heavy (non-hydrogen) atoms. The number of aromatic nitrogens is 3. The summed E-state index contributed by atoms with van der Waals surface area (Å²) in [6.07, 6.45) is 2.68. The van der Waals surface area contributed by atoms with Gasteiger partial charge in [0.05, 0.1) is 11.3 Å². The standard InChI is InChI=1S/C23H21F3N4/c24-23(25,26)19-3-1-2-17(10-19)20-7-4-15(11-27-20)13-30-9-8-21-18(14-30)12-28-22(29-21)16-5-6-16/h1-4,7,10-12,16H,5-6,8-9,13-14H2. The Morgan fingerprint density at radius 1 is 1.03 bits per heavy atom. The van der Waals surface area contributed by atoms with Crippen LogP contribution in [-0.4, -0.2) is 26.4 Å². The second-order valence-electron chi connectivity index (χ2n) is 8.07. The SMILES string of the molecule is FC(F)(F)c1cccc(-c2ccc(CN3CCc4nc(C5CC5)ncc4C3)cn2)c1. The van der Waals surface area contributed by atoms with Crippen LogP contribution in [0, 0.1) is 0 Å². The number of hydrogen-bond donors (Lipinski definition) is 0. The van der Waals surface area contributed by atoms with Crippen molar-refractivity contribution in [3.63, 3.8) is 0 Å². The fourth-order valence-electron chi connectivity index (χ4n) is 3.87. The molecule has 0 atom stereocenters. The Kier molecular flexibility index (Phi) is 4.77. The molecular formula is C23H21F3N4. The van der Waals surface area contributed by atoms with E-state index < -0.39 is 11.7 Å². The minimum atomic E-state index is -4.36. The normalized spacial score (nSPS) is 17.0. The molecule has 0 spiro atoms.